The van der Waals surface area contributed by atoms with E-state index in [0.717, 1.165) is 10.5 Å². The van der Waals surface area contributed by atoms with Crippen molar-refractivity contribution >= 4 is 27.7 Å². The number of benzene rings is 3. The molecule has 8 nitrogen and oxygen atoms in total. The highest BCUT2D eigenvalue weighted by Crippen LogP contribution is 2.30. The van der Waals surface area contributed by atoms with Gasteiger partial charge >= 0.3 is 0 Å². The minimum Gasteiger partial charge on any atom is -0.355 e. The minimum atomic E-state index is -4.26. The summed E-state index contributed by atoms with van der Waals surface area (Å²) in [6.07, 6.45) is 0.105. The van der Waals surface area contributed by atoms with E-state index < -0.39 is 46.1 Å². The Kier molecular flexibility index (Phi) is 7.68. The summed E-state index contributed by atoms with van der Waals surface area (Å²) in [5.41, 5.74) is 0.875. The summed E-state index contributed by atoms with van der Waals surface area (Å²) < 4.78 is 41.2. The van der Waals surface area contributed by atoms with E-state index in [1.807, 2.05) is 6.07 Å². The van der Waals surface area contributed by atoms with Gasteiger partial charge in [0.25, 0.3) is 15.9 Å². The van der Waals surface area contributed by atoms with Gasteiger partial charge in [0.15, 0.2) is 0 Å². The Bertz CT molecular complexity index is 1430. The van der Waals surface area contributed by atoms with Crippen molar-refractivity contribution in [2.24, 2.45) is 0 Å². The Morgan fingerprint density at radius 2 is 1.62 bits per heavy atom. The average Bonchev–Trinajstić information content (AvgIpc) is 3.08. The van der Waals surface area contributed by atoms with Crippen molar-refractivity contribution < 1.29 is 27.2 Å². The van der Waals surface area contributed by atoms with Crippen LogP contribution in [0.5, 0.6) is 0 Å². The van der Waals surface area contributed by atoms with Gasteiger partial charge in [0.2, 0.25) is 11.8 Å². The second-order valence-corrected chi connectivity index (χ2v) is 10.4. The van der Waals surface area contributed by atoms with Gasteiger partial charge in [-0.15, -0.1) is 0 Å². The van der Waals surface area contributed by atoms with Gasteiger partial charge in [-0.25, -0.2) is 17.1 Å². The molecule has 0 spiro atoms. The fourth-order valence-corrected chi connectivity index (χ4v) is 5.78. The molecule has 3 aromatic rings. The van der Waals surface area contributed by atoms with Crippen LogP contribution in [0.3, 0.4) is 0 Å². The normalized spacial score (nSPS) is 14.6. The van der Waals surface area contributed by atoms with Gasteiger partial charge in [-0.05, 0) is 30.7 Å². The predicted octanol–water partition coefficient (Wildman–Crippen LogP) is 2.75. The maximum absolute atomic E-state index is 14.6. The summed E-state index contributed by atoms with van der Waals surface area (Å²) >= 11 is 0. The molecule has 3 amide bonds. The third-order valence-electron chi connectivity index (χ3n) is 6.11. The molecule has 0 aromatic heterocycles. The zero-order valence-electron chi connectivity index (χ0n) is 20.1. The molecule has 0 saturated carbocycles. The topological polar surface area (TPSA) is 104 Å². The number of rotatable bonds is 9. The van der Waals surface area contributed by atoms with Gasteiger partial charge in [-0.2, -0.15) is 0 Å². The SMILES string of the molecule is CCNC(=O)C(Cc1ccccc1)N(Cc1ccccc1F)C(=O)CN1C(=O)c2ccccc2S1(=O)=O. The highest BCUT2D eigenvalue weighted by molar-refractivity contribution is 7.90. The summed E-state index contributed by atoms with van der Waals surface area (Å²) in [6.45, 7) is 0.900. The lowest BCUT2D eigenvalue weighted by Crippen LogP contribution is -2.53. The number of hydrogen-bond donors (Lipinski definition) is 1. The van der Waals surface area contributed by atoms with Crippen LogP contribution in [0.25, 0.3) is 0 Å². The molecule has 10 heteroatoms. The first-order valence-electron chi connectivity index (χ1n) is 11.7. The molecule has 0 fully saturated rings. The fourth-order valence-electron chi connectivity index (χ4n) is 4.26. The Morgan fingerprint density at radius 1 is 0.973 bits per heavy atom. The van der Waals surface area contributed by atoms with Crippen LogP contribution < -0.4 is 5.32 Å². The molecule has 0 bridgehead atoms. The van der Waals surface area contributed by atoms with E-state index in [1.54, 1.807) is 37.3 Å². The first-order valence-corrected chi connectivity index (χ1v) is 13.2. The summed E-state index contributed by atoms with van der Waals surface area (Å²) in [5.74, 6) is -2.69. The van der Waals surface area contributed by atoms with Crippen LogP contribution >= 0.6 is 0 Å². The largest absolute Gasteiger partial charge is 0.355 e. The van der Waals surface area contributed by atoms with E-state index in [2.05, 4.69) is 5.32 Å². The predicted molar refractivity (Wildman–Crippen MR) is 134 cm³/mol. The smallest absolute Gasteiger partial charge is 0.269 e. The average molecular weight is 524 g/mol. The minimum absolute atomic E-state index is 0.0273. The van der Waals surface area contributed by atoms with Crippen LogP contribution in [0, 0.1) is 5.82 Å². The van der Waals surface area contributed by atoms with Crippen molar-refractivity contribution in [2.45, 2.75) is 30.8 Å². The van der Waals surface area contributed by atoms with E-state index in [0.29, 0.717) is 10.8 Å². The highest BCUT2D eigenvalue weighted by Gasteiger charge is 2.43. The molecule has 37 heavy (non-hydrogen) atoms. The van der Waals surface area contributed by atoms with Gasteiger partial charge in [0.1, 0.15) is 23.3 Å². The molecule has 3 aromatic carbocycles. The van der Waals surface area contributed by atoms with Crippen molar-refractivity contribution in [3.8, 4) is 0 Å². The number of nitrogens with zero attached hydrogens (tertiary/aromatic N) is 2. The number of carbonyl (C=O) groups excluding carboxylic acids is 3. The zero-order valence-corrected chi connectivity index (χ0v) is 20.9. The van der Waals surface area contributed by atoms with Crippen LogP contribution in [0.1, 0.15) is 28.4 Å². The van der Waals surface area contributed by atoms with Crippen LogP contribution in [-0.4, -0.2) is 54.5 Å². The molecule has 0 aliphatic carbocycles. The van der Waals surface area contributed by atoms with Gasteiger partial charge in [-0.1, -0.05) is 60.7 Å². The lowest BCUT2D eigenvalue weighted by molar-refractivity contribution is -0.141. The maximum atomic E-state index is 14.6. The molecular weight excluding hydrogens is 497 g/mol. The Labute approximate surface area is 214 Å². The number of sulfonamides is 1. The zero-order chi connectivity index (χ0) is 26.6. The molecule has 4 rings (SSSR count). The molecule has 1 heterocycles. The summed E-state index contributed by atoms with van der Waals surface area (Å²) in [7, 11) is -4.26. The van der Waals surface area contributed by atoms with E-state index in [-0.39, 0.29) is 29.0 Å². The number of likely N-dealkylation sites (N-methyl/N-ethyl adjacent to an activating group) is 1. The highest BCUT2D eigenvalue weighted by atomic mass is 32.2. The monoisotopic (exact) mass is 523 g/mol. The molecule has 1 unspecified atom stereocenters. The van der Waals surface area contributed by atoms with E-state index >= 15 is 0 Å². The molecule has 1 N–H and O–H groups in total. The van der Waals surface area contributed by atoms with Crippen LogP contribution in [-0.2, 0) is 32.6 Å². The van der Waals surface area contributed by atoms with E-state index in [4.69, 9.17) is 0 Å². The van der Waals surface area contributed by atoms with Crippen LogP contribution in [0.15, 0.2) is 83.8 Å². The van der Waals surface area contributed by atoms with Crippen LogP contribution in [0.4, 0.5) is 4.39 Å². The van der Waals surface area contributed by atoms with E-state index in [1.165, 1.54) is 42.5 Å². The van der Waals surface area contributed by atoms with Crippen molar-refractivity contribution in [1.82, 2.24) is 14.5 Å². The second kappa shape index (κ2) is 10.9. The van der Waals surface area contributed by atoms with E-state index in [9.17, 15) is 27.2 Å². The fraction of sp³-hybridized carbons (Fsp3) is 0.222. The van der Waals surface area contributed by atoms with Crippen molar-refractivity contribution in [1.29, 1.82) is 0 Å². The van der Waals surface area contributed by atoms with Crippen molar-refractivity contribution in [3.05, 3.63) is 101 Å². The maximum Gasteiger partial charge on any atom is 0.269 e. The summed E-state index contributed by atoms with van der Waals surface area (Å²) in [6, 6.07) is 19.4. The summed E-state index contributed by atoms with van der Waals surface area (Å²) in [4.78, 5) is 40.8. The molecular formula is C27H26FN3O5S. The Morgan fingerprint density at radius 3 is 2.30 bits per heavy atom. The number of halogens is 1. The molecule has 1 aliphatic heterocycles. The molecule has 0 saturated heterocycles. The van der Waals surface area contributed by atoms with Gasteiger partial charge in [0.05, 0.1) is 5.56 Å². The molecule has 192 valence electrons. The molecule has 1 atom stereocenters. The third-order valence-corrected chi connectivity index (χ3v) is 7.90. The number of fused-ring (bicyclic) bond motifs is 1. The number of amides is 3. The number of hydrogen-bond acceptors (Lipinski definition) is 5. The van der Waals surface area contributed by atoms with Crippen molar-refractivity contribution in [2.75, 3.05) is 13.1 Å². The van der Waals surface area contributed by atoms with Gasteiger partial charge in [-0.3, -0.25) is 14.4 Å². The summed E-state index contributed by atoms with van der Waals surface area (Å²) in [5, 5.41) is 2.71. The van der Waals surface area contributed by atoms with Crippen LogP contribution in [0.2, 0.25) is 0 Å². The number of carbonyl (C=O) groups is 3. The number of nitrogens with one attached hydrogen (secondary N) is 1. The third kappa shape index (κ3) is 5.39. The molecule has 1 aliphatic rings. The van der Waals surface area contributed by atoms with Gasteiger partial charge < -0.3 is 10.2 Å². The lowest BCUT2D eigenvalue weighted by Gasteiger charge is -2.32. The van der Waals surface area contributed by atoms with Crippen molar-refractivity contribution in [3.63, 3.8) is 0 Å². The Hall–Kier alpha value is -4.05. The first kappa shape index (κ1) is 26.0. The first-order chi connectivity index (χ1) is 17.7. The molecule has 0 radical (unpaired) electrons. The second-order valence-electron chi connectivity index (χ2n) is 8.53. The Balaban J connectivity index is 1.71. The quantitative estimate of drug-likeness (QED) is 0.465. The standard InChI is InChI=1S/C27H26FN3O5S/c1-2-29-26(33)23(16-19-10-4-3-5-11-19)30(17-20-12-6-8-14-22(20)28)25(32)18-31-27(34)21-13-7-9-15-24(21)37(31,35)36/h3-15,23H,2,16-18H2,1H3,(H,29,33). The lowest BCUT2D eigenvalue weighted by atomic mass is 10.0. The van der Waals surface area contributed by atoms with Gasteiger partial charge in [0, 0.05) is 25.1 Å².